The first-order valence-electron chi connectivity index (χ1n) is 6.81. The quantitative estimate of drug-likeness (QED) is 0.708. The molecule has 19 heavy (non-hydrogen) atoms. The van der Waals surface area contributed by atoms with Crippen molar-refractivity contribution in [2.45, 2.75) is 64.5 Å². The molecule has 0 radical (unpaired) electrons. The molecule has 1 fully saturated rings. The third-order valence-corrected chi connectivity index (χ3v) is 4.43. The molecule has 3 N–H and O–H groups in total. The van der Waals surface area contributed by atoms with Gasteiger partial charge in [-0.2, -0.15) is 0 Å². The first kappa shape index (κ1) is 15.5. The predicted molar refractivity (Wildman–Crippen MR) is 71.2 cm³/mol. The van der Waals surface area contributed by atoms with Gasteiger partial charge in [-0.25, -0.2) is 9.69 Å². The fraction of sp³-hybridized carbons (Fsp3) is 0.769. The Balaban J connectivity index is 3.31. The summed E-state index contributed by atoms with van der Waals surface area (Å²) in [7, 11) is 0. The number of carbonyl (C=O) groups is 3. The Bertz CT molecular complexity index is 398. The Hall–Kier alpha value is -1.59. The van der Waals surface area contributed by atoms with Crippen LogP contribution in [0.15, 0.2) is 0 Å². The molecular weight excluding hydrogens is 246 g/mol. The minimum Gasteiger partial charge on any atom is -0.368 e. The monoisotopic (exact) mass is 269 g/mol. The van der Waals surface area contributed by atoms with Crippen LogP contribution in [-0.2, 0) is 9.59 Å². The largest absolute Gasteiger partial charge is 0.368 e. The SMILES string of the molecule is CCC1(CC)NC(=O)N(C(CC)(CC)C(N)=O)C1=O. The van der Waals surface area contributed by atoms with Crippen molar-refractivity contribution in [1.29, 1.82) is 0 Å². The third-order valence-electron chi connectivity index (χ3n) is 4.43. The van der Waals surface area contributed by atoms with Gasteiger partial charge in [0.2, 0.25) is 5.91 Å². The molecule has 0 unspecified atom stereocenters. The van der Waals surface area contributed by atoms with Crippen molar-refractivity contribution in [1.82, 2.24) is 10.2 Å². The van der Waals surface area contributed by atoms with Crippen molar-refractivity contribution in [3.8, 4) is 0 Å². The molecule has 1 aliphatic heterocycles. The third kappa shape index (κ3) is 1.99. The van der Waals surface area contributed by atoms with E-state index in [1.165, 1.54) is 0 Å². The average molecular weight is 269 g/mol. The highest BCUT2D eigenvalue weighted by molar-refractivity contribution is 6.10. The number of amides is 4. The minimum atomic E-state index is -1.23. The second kappa shape index (κ2) is 5.19. The lowest BCUT2D eigenvalue weighted by molar-refractivity contribution is -0.143. The Morgan fingerprint density at radius 3 is 1.95 bits per heavy atom. The van der Waals surface area contributed by atoms with E-state index in [0.29, 0.717) is 25.7 Å². The van der Waals surface area contributed by atoms with Crippen LogP contribution in [0.1, 0.15) is 53.4 Å². The summed E-state index contributed by atoms with van der Waals surface area (Å²) >= 11 is 0. The van der Waals surface area contributed by atoms with Crippen molar-refractivity contribution >= 4 is 17.8 Å². The molecule has 0 aliphatic carbocycles. The molecule has 0 bridgehead atoms. The molecule has 4 amide bonds. The summed E-state index contributed by atoms with van der Waals surface area (Å²) in [5.41, 5.74) is 3.33. The fourth-order valence-corrected chi connectivity index (χ4v) is 2.76. The van der Waals surface area contributed by atoms with E-state index in [1.54, 1.807) is 13.8 Å². The number of nitrogens with two attached hydrogens (primary N) is 1. The summed E-state index contributed by atoms with van der Waals surface area (Å²) in [6, 6.07) is -0.517. The van der Waals surface area contributed by atoms with Gasteiger partial charge in [0.25, 0.3) is 5.91 Å². The van der Waals surface area contributed by atoms with Gasteiger partial charge in [0.05, 0.1) is 0 Å². The maximum atomic E-state index is 12.6. The van der Waals surface area contributed by atoms with E-state index >= 15 is 0 Å². The smallest absolute Gasteiger partial charge is 0.326 e. The van der Waals surface area contributed by atoms with Crippen molar-refractivity contribution < 1.29 is 14.4 Å². The molecule has 0 aromatic rings. The lowest BCUT2D eigenvalue weighted by Crippen LogP contribution is -2.60. The summed E-state index contributed by atoms with van der Waals surface area (Å²) in [5.74, 6) is -0.978. The number of imide groups is 1. The second-order valence-electron chi connectivity index (χ2n) is 4.96. The number of urea groups is 1. The summed E-state index contributed by atoms with van der Waals surface area (Å²) in [5, 5.41) is 2.73. The summed E-state index contributed by atoms with van der Waals surface area (Å²) in [6.07, 6.45) is 1.63. The fourth-order valence-electron chi connectivity index (χ4n) is 2.76. The molecule has 0 aromatic heterocycles. The van der Waals surface area contributed by atoms with E-state index in [9.17, 15) is 14.4 Å². The Labute approximate surface area is 113 Å². The van der Waals surface area contributed by atoms with Crippen LogP contribution in [0.5, 0.6) is 0 Å². The van der Waals surface area contributed by atoms with Crippen LogP contribution in [0.25, 0.3) is 0 Å². The average Bonchev–Trinajstić information content (AvgIpc) is 2.65. The van der Waals surface area contributed by atoms with Crippen LogP contribution in [0.3, 0.4) is 0 Å². The van der Waals surface area contributed by atoms with Gasteiger partial charge in [0, 0.05) is 0 Å². The van der Waals surface area contributed by atoms with Crippen LogP contribution in [0, 0.1) is 0 Å². The first-order chi connectivity index (χ1) is 8.85. The minimum absolute atomic E-state index is 0.321. The number of rotatable bonds is 6. The topological polar surface area (TPSA) is 92.5 Å². The molecule has 1 rings (SSSR count). The van der Waals surface area contributed by atoms with Gasteiger partial charge in [0.15, 0.2) is 0 Å². The molecule has 0 spiro atoms. The number of primary amides is 1. The Morgan fingerprint density at radius 2 is 1.68 bits per heavy atom. The Morgan fingerprint density at radius 1 is 1.21 bits per heavy atom. The van der Waals surface area contributed by atoms with E-state index in [1.807, 2.05) is 13.8 Å². The van der Waals surface area contributed by atoms with Crippen LogP contribution in [0.4, 0.5) is 4.79 Å². The number of hydrogen-bond donors (Lipinski definition) is 2. The van der Waals surface area contributed by atoms with Crippen LogP contribution < -0.4 is 11.1 Å². The van der Waals surface area contributed by atoms with E-state index in [2.05, 4.69) is 5.32 Å². The highest BCUT2D eigenvalue weighted by Gasteiger charge is 2.57. The molecule has 6 heteroatoms. The molecule has 108 valence electrons. The van der Waals surface area contributed by atoms with Gasteiger partial charge in [-0.05, 0) is 25.7 Å². The molecular formula is C13H23N3O3. The van der Waals surface area contributed by atoms with Crippen LogP contribution in [0.2, 0.25) is 0 Å². The molecule has 6 nitrogen and oxygen atoms in total. The molecule has 1 aliphatic rings. The van der Waals surface area contributed by atoms with Gasteiger partial charge in [-0.3, -0.25) is 9.59 Å². The lowest BCUT2D eigenvalue weighted by atomic mass is 9.87. The maximum Gasteiger partial charge on any atom is 0.326 e. The zero-order valence-electron chi connectivity index (χ0n) is 12.1. The van der Waals surface area contributed by atoms with Gasteiger partial charge in [-0.15, -0.1) is 0 Å². The van der Waals surface area contributed by atoms with Crippen LogP contribution >= 0.6 is 0 Å². The predicted octanol–water partition coefficient (Wildman–Crippen LogP) is 1.14. The van der Waals surface area contributed by atoms with Gasteiger partial charge in [-0.1, -0.05) is 27.7 Å². The standard InChI is InChI=1S/C13H23N3O3/c1-5-12(6-2)10(18)16(11(19)15-12)13(7-3,8-4)9(14)17/h5-8H2,1-4H3,(H2,14,17)(H,15,19). The van der Waals surface area contributed by atoms with Crippen molar-refractivity contribution in [2.24, 2.45) is 5.73 Å². The highest BCUT2D eigenvalue weighted by atomic mass is 16.2. The van der Waals surface area contributed by atoms with Gasteiger partial charge < -0.3 is 11.1 Å². The summed E-state index contributed by atoms with van der Waals surface area (Å²) in [4.78, 5) is 37.6. The van der Waals surface area contributed by atoms with E-state index in [0.717, 1.165) is 4.90 Å². The van der Waals surface area contributed by atoms with Gasteiger partial charge in [0.1, 0.15) is 11.1 Å². The second-order valence-corrected chi connectivity index (χ2v) is 4.96. The van der Waals surface area contributed by atoms with Crippen molar-refractivity contribution in [3.05, 3.63) is 0 Å². The van der Waals surface area contributed by atoms with E-state index < -0.39 is 23.0 Å². The molecule has 0 atom stereocenters. The zero-order valence-corrected chi connectivity index (χ0v) is 12.1. The zero-order chi connectivity index (χ0) is 14.8. The summed E-state index contributed by atoms with van der Waals surface area (Å²) in [6.45, 7) is 7.20. The number of hydrogen-bond acceptors (Lipinski definition) is 3. The highest BCUT2D eigenvalue weighted by Crippen LogP contribution is 2.33. The van der Waals surface area contributed by atoms with Crippen LogP contribution in [-0.4, -0.2) is 33.8 Å². The number of nitrogens with zero attached hydrogens (tertiary/aromatic N) is 1. The van der Waals surface area contributed by atoms with Crippen molar-refractivity contribution in [2.75, 3.05) is 0 Å². The molecule has 0 saturated carbocycles. The number of nitrogens with one attached hydrogen (secondary N) is 1. The molecule has 1 heterocycles. The Kier molecular flexibility index (Phi) is 4.22. The summed E-state index contributed by atoms with van der Waals surface area (Å²) < 4.78 is 0. The lowest BCUT2D eigenvalue weighted by Gasteiger charge is -2.36. The molecule has 0 aromatic carbocycles. The molecule has 1 saturated heterocycles. The number of carbonyl (C=O) groups excluding carboxylic acids is 3. The van der Waals surface area contributed by atoms with Crippen molar-refractivity contribution in [3.63, 3.8) is 0 Å². The normalized spacial score (nSPS) is 18.6. The first-order valence-corrected chi connectivity index (χ1v) is 6.81. The maximum absolute atomic E-state index is 12.6. The van der Waals surface area contributed by atoms with E-state index in [-0.39, 0.29) is 5.91 Å². The van der Waals surface area contributed by atoms with E-state index in [4.69, 9.17) is 5.73 Å². The van der Waals surface area contributed by atoms with Gasteiger partial charge >= 0.3 is 6.03 Å².